The maximum Gasteiger partial charge on any atom is 0.311 e. The summed E-state index contributed by atoms with van der Waals surface area (Å²) >= 11 is 0. The largest absolute Gasteiger partial charge is 0.481 e. The number of allylic oxidation sites excluding steroid dienone is 2. The van der Waals surface area contributed by atoms with Crippen molar-refractivity contribution in [2.75, 3.05) is 0 Å². The van der Waals surface area contributed by atoms with Gasteiger partial charge in [-0.1, -0.05) is 42.5 Å². The molecule has 3 rings (SSSR count). The molecule has 0 amide bonds. The first-order chi connectivity index (χ1) is 10.9. The Balaban J connectivity index is 2.16. The van der Waals surface area contributed by atoms with Crippen molar-refractivity contribution in [3.63, 3.8) is 0 Å². The molecule has 0 aromatic heterocycles. The molecule has 1 aromatic carbocycles. The standard InChI is InChI=1S/C18H20O5/c19-14-11-17(15(20)21,10-12-6-2-1-3-7-12)18(16(22)23)9-5-4-8-13(14)18/h1-7,13-14,19H,8-11H2,(H,20,21)(H,22,23)/t13-,14-,17+,18-/m1/s1. The number of carboxylic acid groups (broad SMARTS) is 2. The van der Waals surface area contributed by atoms with Crippen LogP contribution >= 0.6 is 0 Å². The van der Waals surface area contributed by atoms with Crippen molar-refractivity contribution in [1.82, 2.24) is 0 Å². The van der Waals surface area contributed by atoms with E-state index in [1.165, 1.54) is 0 Å². The third-order valence-corrected chi connectivity index (χ3v) is 5.65. The molecule has 0 radical (unpaired) electrons. The monoisotopic (exact) mass is 316 g/mol. The van der Waals surface area contributed by atoms with E-state index < -0.39 is 34.8 Å². The zero-order valence-electron chi connectivity index (χ0n) is 12.7. The minimum atomic E-state index is -1.50. The second kappa shape index (κ2) is 5.49. The zero-order valence-corrected chi connectivity index (χ0v) is 12.7. The molecule has 1 fully saturated rings. The number of hydrogen-bond donors (Lipinski definition) is 3. The van der Waals surface area contributed by atoms with Crippen LogP contribution < -0.4 is 0 Å². The zero-order chi connectivity index (χ0) is 16.7. The molecule has 4 atom stereocenters. The average Bonchev–Trinajstić information content (AvgIpc) is 2.80. The summed E-state index contributed by atoms with van der Waals surface area (Å²) in [5.41, 5.74) is -2.20. The number of aliphatic hydroxyl groups is 1. The Hall–Kier alpha value is -2.14. The first kappa shape index (κ1) is 15.7. The molecular formula is C18H20O5. The molecule has 0 aliphatic heterocycles. The van der Waals surface area contributed by atoms with Crippen LogP contribution in [0.25, 0.3) is 0 Å². The molecule has 0 heterocycles. The highest BCUT2D eigenvalue weighted by atomic mass is 16.4. The van der Waals surface area contributed by atoms with Gasteiger partial charge in [0.05, 0.1) is 16.9 Å². The topological polar surface area (TPSA) is 94.8 Å². The van der Waals surface area contributed by atoms with Crippen molar-refractivity contribution in [2.45, 2.75) is 31.8 Å². The fourth-order valence-electron chi connectivity index (χ4n) is 4.56. The molecule has 0 saturated heterocycles. The van der Waals surface area contributed by atoms with Crippen LogP contribution in [0.3, 0.4) is 0 Å². The van der Waals surface area contributed by atoms with Crippen molar-refractivity contribution in [3.8, 4) is 0 Å². The molecule has 2 aliphatic carbocycles. The fraction of sp³-hybridized carbons (Fsp3) is 0.444. The Bertz CT molecular complexity index is 653. The second-order valence-electron chi connectivity index (χ2n) is 6.62. The molecule has 1 saturated carbocycles. The Morgan fingerprint density at radius 2 is 1.78 bits per heavy atom. The van der Waals surface area contributed by atoms with Crippen molar-refractivity contribution in [2.24, 2.45) is 16.7 Å². The van der Waals surface area contributed by atoms with E-state index in [-0.39, 0.29) is 19.3 Å². The molecular weight excluding hydrogens is 296 g/mol. The summed E-state index contributed by atoms with van der Waals surface area (Å²) < 4.78 is 0. The lowest BCUT2D eigenvalue weighted by molar-refractivity contribution is -0.175. The molecule has 122 valence electrons. The van der Waals surface area contributed by atoms with Gasteiger partial charge >= 0.3 is 11.9 Å². The van der Waals surface area contributed by atoms with Gasteiger partial charge in [-0.3, -0.25) is 9.59 Å². The number of fused-ring (bicyclic) bond motifs is 1. The van der Waals surface area contributed by atoms with Gasteiger partial charge in [0.25, 0.3) is 0 Å². The van der Waals surface area contributed by atoms with Crippen LogP contribution in [0.1, 0.15) is 24.8 Å². The van der Waals surface area contributed by atoms with Crippen LogP contribution in [-0.4, -0.2) is 33.4 Å². The molecule has 1 aromatic rings. The van der Waals surface area contributed by atoms with E-state index in [1.807, 2.05) is 24.3 Å². The number of carboxylic acids is 2. The Morgan fingerprint density at radius 1 is 1.09 bits per heavy atom. The highest BCUT2D eigenvalue weighted by molar-refractivity contribution is 5.89. The predicted molar refractivity (Wildman–Crippen MR) is 82.8 cm³/mol. The van der Waals surface area contributed by atoms with Gasteiger partial charge in [-0.25, -0.2) is 0 Å². The molecule has 0 unspecified atom stereocenters. The summed E-state index contributed by atoms with van der Waals surface area (Å²) in [6, 6.07) is 9.06. The minimum absolute atomic E-state index is 0.0319. The van der Waals surface area contributed by atoms with E-state index >= 15 is 0 Å². The van der Waals surface area contributed by atoms with Crippen LogP contribution in [-0.2, 0) is 16.0 Å². The van der Waals surface area contributed by atoms with Gasteiger partial charge in [0.2, 0.25) is 0 Å². The van der Waals surface area contributed by atoms with Crippen LogP contribution in [0.15, 0.2) is 42.5 Å². The molecule has 3 N–H and O–H groups in total. The maximum absolute atomic E-state index is 12.2. The lowest BCUT2D eigenvalue weighted by Crippen LogP contribution is -2.53. The maximum atomic E-state index is 12.2. The summed E-state index contributed by atoms with van der Waals surface area (Å²) in [4.78, 5) is 24.4. The first-order valence-corrected chi connectivity index (χ1v) is 7.78. The third-order valence-electron chi connectivity index (χ3n) is 5.65. The van der Waals surface area contributed by atoms with E-state index in [0.29, 0.717) is 6.42 Å². The lowest BCUT2D eigenvalue weighted by Gasteiger charge is -2.43. The van der Waals surface area contributed by atoms with Crippen molar-refractivity contribution >= 4 is 11.9 Å². The third kappa shape index (κ3) is 2.10. The minimum Gasteiger partial charge on any atom is -0.481 e. The summed E-state index contributed by atoms with van der Waals surface area (Å²) in [5, 5.41) is 30.4. The number of carbonyl (C=O) groups is 2. The Morgan fingerprint density at radius 3 is 2.39 bits per heavy atom. The van der Waals surface area contributed by atoms with Gasteiger partial charge in [-0.2, -0.15) is 0 Å². The van der Waals surface area contributed by atoms with Crippen LogP contribution in [0.4, 0.5) is 0 Å². The van der Waals surface area contributed by atoms with Crippen molar-refractivity contribution in [3.05, 3.63) is 48.0 Å². The molecule has 0 spiro atoms. The molecule has 5 nitrogen and oxygen atoms in total. The number of benzene rings is 1. The van der Waals surface area contributed by atoms with E-state index in [1.54, 1.807) is 18.2 Å². The van der Waals surface area contributed by atoms with Gasteiger partial charge < -0.3 is 15.3 Å². The Kier molecular flexibility index (Phi) is 3.76. The first-order valence-electron chi connectivity index (χ1n) is 7.78. The highest BCUT2D eigenvalue weighted by Gasteiger charge is 2.70. The van der Waals surface area contributed by atoms with E-state index in [4.69, 9.17) is 0 Å². The lowest BCUT2D eigenvalue weighted by atomic mass is 9.56. The molecule has 5 heteroatoms. The summed E-state index contributed by atoms with van der Waals surface area (Å²) in [7, 11) is 0. The van der Waals surface area contributed by atoms with Gasteiger partial charge in [0, 0.05) is 5.92 Å². The van der Waals surface area contributed by atoms with Crippen molar-refractivity contribution < 1.29 is 24.9 Å². The second-order valence-corrected chi connectivity index (χ2v) is 6.62. The number of hydrogen-bond acceptors (Lipinski definition) is 3. The van der Waals surface area contributed by atoms with Crippen LogP contribution in [0.2, 0.25) is 0 Å². The fourth-order valence-corrected chi connectivity index (χ4v) is 4.56. The van der Waals surface area contributed by atoms with Gasteiger partial charge in [0.15, 0.2) is 0 Å². The van der Waals surface area contributed by atoms with E-state index in [0.717, 1.165) is 5.56 Å². The summed E-state index contributed by atoms with van der Waals surface area (Å²) in [6.45, 7) is 0. The number of aliphatic carboxylic acids is 2. The predicted octanol–water partition coefficient (Wildman–Crippen LogP) is 2.10. The van der Waals surface area contributed by atoms with Crippen molar-refractivity contribution in [1.29, 1.82) is 0 Å². The van der Waals surface area contributed by atoms with Gasteiger partial charge in [-0.15, -0.1) is 0 Å². The van der Waals surface area contributed by atoms with Crippen LogP contribution in [0, 0.1) is 16.7 Å². The van der Waals surface area contributed by atoms with E-state index in [2.05, 4.69) is 0 Å². The molecule has 2 aliphatic rings. The Labute approximate surface area is 134 Å². The van der Waals surface area contributed by atoms with E-state index in [9.17, 15) is 24.9 Å². The highest BCUT2D eigenvalue weighted by Crippen LogP contribution is 2.62. The quantitative estimate of drug-likeness (QED) is 0.740. The SMILES string of the molecule is O=C(O)[C@]1(Cc2ccccc2)C[C@@H](O)[C@H]2CC=CC[C@]21C(=O)O. The average molecular weight is 316 g/mol. The number of aliphatic hydroxyl groups excluding tert-OH is 1. The summed E-state index contributed by atoms with van der Waals surface area (Å²) in [5.74, 6) is -2.83. The number of rotatable bonds is 4. The normalized spacial score (nSPS) is 35.7. The summed E-state index contributed by atoms with van der Waals surface area (Å²) in [6.07, 6.45) is 3.28. The van der Waals surface area contributed by atoms with Gasteiger partial charge in [-0.05, 0) is 31.2 Å². The van der Waals surface area contributed by atoms with Gasteiger partial charge in [0.1, 0.15) is 0 Å². The molecule has 0 bridgehead atoms. The smallest absolute Gasteiger partial charge is 0.311 e. The van der Waals surface area contributed by atoms with Crippen LogP contribution in [0.5, 0.6) is 0 Å². The molecule has 23 heavy (non-hydrogen) atoms.